The predicted molar refractivity (Wildman–Crippen MR) is 162 cm³/mol. The molecule has 41 heavy (non-hydrogen) atoms. The molecule has 0 saturated heterocycles. The molecule has 2 bridgehead atoms. The number of pyridine rings is 1. The van der Waals surface area contributed by atoms with E-state index in [-0.39, 0.29) is 11.8 Å². The monoisotopic (exact) mass is 578 g/mol. The first-order chi connectivity index (χ1) is 19.5. The van der Waals surface area contributed by atoms with Gasteiger partial charge in [-0.1, -0.05) is 6.92 Å². The van der Waals surface area contributed by atoms with E-state index in [1.54, 1.807) is 36.9 Å². The van der Waals surface area contributed by atoms with E-state index in [4.69, 9.17) is 14.7 Å². The van der Waals surface area contributed by atoms with Gasteiger partial charge >= 0.3 is 0 Å². The third kappa shape index (κ3) is 6.76. The van der Waals surface area contributed by atoms with Gasteiger partial charge in [0.1, 0.15) is 0 Å². The first-order valence-corrected chi connectivity index (χ1v) is 16.1. The number of aryl methyl sites for hydroxylation is 1. The van der Waals surface area contributed by atoms with E-state index in [1.165, 1.54) is 0 Å². The molecule has 0 spiro atoms. The Morgan fingerprint density at radius 1 is 1.20 bits per heavy atom. The summed E-state index contributed by atoms with van der Waals surface area (Å²) in [5.41, 5.74) is 4.75. The number of hydrogen-bond donors (Lipinski definition) is 1. The first-order valence-electron chi connectivity index (χ1n) is 13.8. The van der Waals surface area contributed by atoms with Crippen molar-refractivity contribution in [2.75, 3.05) is 45.1 Å². The summed E-state index contributed by atoms with van der Waals surface area (Å²) >= 11 is 0. The highest BCUT2D eigenvalue weighted by atomic mass is 32.2. The minimum atomic E-state index is -2.33. The smallest absolute Gasteiger partial charge is 0.258 e. The van der Waals surface area contributed by atoms with Crippen LogP contribution in [-0.4, -0.2) is 79.1 Å². The molecule has 1 amide bonds. The van der Waals surface area contributed by atoms with Crippen LogP contribution >= 0.6 is 0 Å². The van der Waals surface area contributed by atoms with Gasteiger partial charge in [0, 0.05) is 46.6 Å². The van der Waals surface area contributed by atoms with Gasteiger partial charge < -0.3 is 14.2 Å². The summed E-state index contributed by atoms with van der Waals surface area (Å²) in [6, 6.07) is 9.08. The predicted octanol–water partition coefficient (Wildman–Crippen LogP) is 4.58. The molecule has 0 fully saturated rings. The average molecular weight is 579 g/mol. The number of carbonyl (C=O) groups is 1. The number of aromatic nitrogens is 5. The lowest BCUT2D eigenvalue weighted by Gasteiger charge is -2.16. The van der Waals surface area contributed by atoms with E-state index < -0.39 is 9.73 Å². The standard InChI is InChI=1S/C29H38N8O3S/c1-19-8-7-13-40-28-23(17-30-37(28)12-11-35(3)4)25-15-21(14-20(2)31-25)27(38)33-29-32-24-10-9-22(34-41(5,6)39)16-26(24)36(29)18-19/h9-10,14-17,19H,7-8,11-13,18H2,1-6H3,(H,32,33,38)/t19-/m1/s1. The van der Waals surface area contributed by atoms with Crippen LogP contribution in [0.3, 0.4) is 0 Å². The van der Waals surface area contributed by atoms with Crippen LogP contribution < -0.4 is 10.1 Å². The largest absolute Gasteiger partial charge is 0.477 e. The van der Waals surface area contributed by atoms with Crippen molar-refractivity contribution < 1.29 is 13.7 Å². The number of likely N-dealkylation sites (N-methyl/N-ethyl adjacent to an activating group) is 1. The summed E-state index contributed by atoms with van der Waals surface area (Å²) < 4.78 is 27.0. The number of rotatable bonds is 4. The SMILES string of the molecule is Cc1cc2cc(n1)-c1cnn(CCN(C)C)c1OCCC[C@@H](C)Cn1c(nc3ccc(N=S(C)(C)=O)cc31)NC2=O. The highest BCUT2D eigenvalue weighted by Crippen LogP contribution is 2.32. The highest BCUT2D eigenvalue weighted by molar-refractivity contribution is 7.92. The Morgan fingerprint density at radius 3 is 2.76 bits per heavy atom. The number of ether oxygens (including phenoxy) is 1. The van der Waals surface area contributed by atoms with Crippen LogP contribution in [0.15, 0.2) is 40.9 Å². The molecule has 1 aromatic carbocycles. The number of imidazole rings is 1. The van der Waals surface area contributed by atoms with Crippen LogP contribution in [-0.2, 0) is 22.8 Å². The number of fused-ring (bicyclic) bond motifs is 7. The van der Waals surface area contributed by atoms with Gasteiger partial charge in [0.15, 0.2) is 0 Å². The average Bonchev–Trinajstić information content (AvgIpc) is 3.44. The zero-order valence-electron chi connectivity index (χ0n) is 24.5. The maximum absolute atomic E-state index is 13.6. The number of hydrogen-bond acceptors (Lipinski definition) is 8. The molecule has 11 nitrogen and oxygen atoms in total. The third-order valence-corrected chi connectivity index (χ3v) is 7.55. The second-order valence-corrected chi connectivity index (χ2v) is 13.9. The van der Waals surface area contributed by atoms with E-state index in [1.807, 2.05) is 42.4 Å². The molecular formula is C29H38N8O3S. The van der Waals surface area contributed by atoms with Gasteiger partial charge in [-0.3, -0.25) is 15.1 Å². The molecule has 3 aromatic heterocycles. The van der Waals surface area contributed by atoms with Crippen LogP contribution in [0.1, 0.15) is 35.8 Å². The number of anilines is 1. The van der Waals surface area contributed by atoms with Gasteiger partial charge in [-0.2, -0.15) is 9.46 Å². The quantitative estimate of drug-likeness (QED) is 0.376. The summed E-state index contributed by atoms with van der Waals surface area (Å²) in [6.45, 7) is 6.69. The van der Waals surface area contributed by atoms with Gasteiger partial charge in [-0.15, -0.1) is 0 Å². The Hall–Kier alpha value is -3.77. The fraction of sp³-hybridized carbons (Fsp3) is 0.448. The van der Waals surface area contributed by atoms with Crippen LogP contribution in [0.25, 0.3) is 22.3 Å². The molecule has 4 heterocycles. The van der Waals surface area contributed by atoms with Gasteiger partial charge in [-0.25, -0.2) is 13.9 Å². The van der Waals surface area contributed by atoms with E-state index in [0.29, 0.717) is 54.2 Å². The Labute approximate surface area is 241 Å². The normalized spacial score (nSPS) is 16.4. The fourth-order valence-corrected chi connectivity index (χ4v) is 5.59. The van der Waals surface area contributed by atoms with Crippen LogP contribution in [0.5, 0.6) is 5.88 Å². The minimum absolute atomic E-state index is 0.266. The van der Waals surface area contributed by atoms with E-state index in [9.17, 15) is 9.00 Å². The summed E-state index contributed by atoms with van der Waals surface area (Å²) in [6.07, 6.45) is 6.73. The van der Waals surface area contributed by atoms with Crippen molar-refractivity contribution in [2.24, 2.45) is 10.3 Å². The van der Waals surface area contributed by atoms with E-state index in [0.717, 1.165) is 36.0 Å². The number of carbonyl (C=O) groups excluding carboxylic acids is 1. The van der Waals surface area contributed by atoms with Crippen molar-refractivity contribution in [3.63, 3.8) is 0 Å². The van der Waals surface area contributed by atoms with Crippen molar-refractivity contribution in [3.05, 3.63) is 47.8 Å². The lowest BCUT2D eigenvalue weighted by molar-refractivity contribution is 0.102. The summed E-state index contributed by atoms with van der Waals surface area (Å²) in [4.78, 5) is 25.2. The molecule has 0 saturated carbocycles. The molecule has 0 radical (unpaired) electrons. The topological polar surface area (TPSA) is 120 Å². The summed E-state index contributed by atoms with van der Waals surface area (Å²) in [5, 5.41) is 7.64. The van der Waals surface area contributed by atoms with Crippen molar-refractivity contribution in [2.45, 2.75) is 39.8 Å². The Balaban J connectivity index is 1.58. The van der Waals surface area contributed by atoms with E-state index >= 15 is 0 Å². The zero-order valence-corrected chi connectivity index (χ0v) is 25.4. The van der Waals surface area contributed by atoms with Crippen molar-refractivity contribution in [1.82, 2.24) is 29.2 Å². The molecule has 4 aromatic rings. The van der Waals surface area contributed by atoms with Crippen LogP contribution in [0.4, 0.5) is 11.6 Å². The lowest BCUT2D eigenvalue weighted by Crippen LogP contribution is -2.20. The zero-order chi connectivity index (χ0) is 29.3. The lowest BCUT2D eigenvalue weighted by atomic mass is 10.1. The molecule has 12 heteroatoms. The number of amides is 1. The Kier molecular flexibility index (Phi) is 8.14. The molecule has 0 aliphatic carbocycles. The molecule has 1 atom stereocenters. The van der Waals surface area contributed by atoms with Gasteiger partial charge in [-0.05, 0) is 70.1 Å². The minimum Gasteiger partial charge on any atom is -0.477 e. The summed E-state index contributed by atoms with van der Waals surface area (Å²) in [5.74, 6) is 1.11. The third-order valence-electron chi connectivity index (χ3n) is 6.90. The second kappa shape index (κ2) is 11.6. The molecule has 5 rings (SSSR count). The molecular weight excluding hydrogens is 540 g/mol. The molecule has 218 valence electrons. The molecule has 1 aliphatic heterocycles. The number of nitrogens with one attached hydrogen (secondary N) is 1. The number of nitrogens with zero attached hydrogens (tertiary/aromatic N) is 7. The molecule has 1 aliphatic rings. The maximum atomic E-state index is 13.6. The Bertz CT molecular complexity index is 1710. The molecule has 0 unspecified atom stereocenters. The van der Waals surface area contributed by atoms with Crippen LogP contribution in [0.2, 0.25) is 0 Å². The van der Waals surface area contributed by atoms with Crippen molar-refractivity contribution in [3.8, 4) is 17.1 Å². The van der Waals surface area contributed by atoms with E-state index in [2.05, 4.69) is 26.6 Å². The van der Waals surface area contributed by atoms with Crippen LogP contribution in [0, 0.1) is 12.8 Å². The second-order valence-electron chi connectivity index (χ2n) is 11.3. The van der Waals surface area contributed by atoms with Crippen molar-refractivity contribution >= 4 is 38.3 Å². The highest BCUT2D eigenvalue weighted by Gasteiger charge is 2.21. The first kappa shape index (κ1) is 28.7. The van der Waals surface area contributed by atoms with Gasteiger partial charge in [0.2, 0.25) is 11.8 Å². The summed E-state index contributed by atoms with van der Waals surface area (Å²) in [7, 11) is 1.72. The van der Waals surface area contributed by atoms with Gasteiger partial charge in [0.25, 0.3) is 5.91 Å². The fourth-order valence-electron chi connectivity index (χ4n) is 4.97. The number of benzene rings is 1. The van der Waals surface area contributed by atoms with Gasteiger partial charge in [0.05, 0.1) is 47.3 Å². The Morgan fingerprint density at radius 2 is 2.00 bits per heavy atom. The van der Waals surface area contributed by atoms with Crippen molar-refractivity contribution in [1.29, 1.82) is 0 Å². The molecule has 1 N–H and O–H groups in total. The maximum Gasteiger partial charge on any atom is 0.258 e.